The minimum Gasteiger partial charge on any atom is -0.243 e. The van der Waals surface area contributed by atoms with Crippen molar-refractivity contribution < 1.29 is 4.63 Å². The normalized spacial score (nSPS) is 10.7. The summed E-state index contributed by atoms with van der Waals surface area (Å²) in [6.07, 6.45) is 0. The van der Waals surface area contributed by atoms with Crippen LogP contribution in [0, 0.1) is 6.92 Å². The van der Waals surface area contributed by atoms with Gasteiger partial charge in [0.15, 0.2) is 5.52 Å². The first-order valence-corrected chi connectivity index (χ1v) is 3.54. The minimum absolute atomic E-state index is 0.615. The zero-order valence-electron chi connectivity index (χ0n) is 5.84. The van der Waals surface area contributed by atoms with Crippen molar-refractivity contribution in [1.82, 2.24) is 10.3 Å². The highest BCUT2D eigenvalue weighted by atomic mass is 35.5. The second-order valence-electron chi connectivity index (χ2n) is 2.33. The zero-order valence-corrected chi connectivity index (χ0v) is 6.59. The lowest BCUT2D eigenvalue weighted by Crippen LogP contribution is -1.76. The smallest absolute Gasteiger partial charge is 0.154 e. The van der Waals surface area contributed by atoms with E-state index < -0.39 is 0 Å². The van der Waals surface area contributed by atoms with Gasteiger partial charge in [0.2, 0.25) is 0 Å². The van der Waals surface area contributed by atoms with Gasteiger partial charge in [-0.2, -0.15) is 0 Å². The molecule has 1 aromatic carbocycles. The molecule has 0 amide bonds. The Balaban J connectivity index is 2.93. The summed E-state index contributed by atoms with van der Waals surface area (Å²) in [6.45, 7) is 1.91. The van der Waals surface area contributed by atoms with Crippen molar-refractivity contribution in [1.29, 1.82) is 0 Å². The van der Waals surface area contributed by atoms with E-state index in [1.54, 1.807) is 0 Å². The quantitative estimate of drug-likeness (QED) is 0.605. The third kappa shape index (κ3) is 0.886. The summed E-state index contributed by atoms with van der Waals surface area (Å²) in [7, 11) is 0. The van der Waals surface area contributed by atoms with Crippen LogP contribution in [0.25, 0.3) is 11.0 Å². The van der Waals surface area contributed by atoms with Crippen molar-refractivity contribution in [3.8, 4) is 0 Å². The Bertz CT molecular complexity index is 396. The van der Waals surface area contributed by atoms with E-state index in [1.807, 2.05) is 19.1 Å². The fraction of sp³-hybridized carbons (Fsp3) is 0.143. The molecule has 0 aliphatic carbocycles. The van der Waals surface area contributed by atoms with Gasteiger partial charge in [-0.05, 0) is 28.9 Å². The first-order valence-electron chi connectivity index (χ1n) is 3.16. The Morgan fingerprint density at radius 1 is 1.36 bits per heavy atom. The maximum absolute atomic E-state index is 5.90. The first kappa shape index (κ1) is 6.61. The highest BCUT2D eigenvalue weighted by Crippen LogP contribution is 2.23. The van der Waals surface area contributed by atoms with E-state index in [1.165, 1.54) is 0 Å². The van der Waals surface area contributed by atoms with E-state index in [2.05, 4.69) is 14.9 Å². The van der Waals surface area contributed by atoms with Gasteiger partial charge in [0.25, 0.3) is 0 Å². The molecule has 0 aliphatic rings. The molecule has 0 spiro atoms. The summed E-state index contributed by atoms with van der Waals surface area (Å²) in [5.41, 5.74) is 2.31. The summed E-state index contributed by atoms with van der Waals surface area (Å²) in [6, 6.07) is 3.71. The summed E-state index contributed by atoms with van der Waals surface area (Å²) < 4.78 is 4.52. The molecular formula is C7H5ClN2O. The SMILES string of the molecule is Cc1ccc2nonc2c1Cl. The Hall–Kier alpha value is -1.09. The lowest BCUT2D eigenvalue weighted by atomic mass is 10.2. The number of aromatic nitrogens is 2. The molecule has 0 bridgehead atoms. The maximum atomic E-state index is 5.90. The third-order valence-corrected chi connectivity index (χ3v) is 2.04. The van der Waals surface area contributed by atoms with Crippen LogP contribution < -0.4 is 0 Å². The number of hydrogen-bond acceptors (Lipinski definition) is 3. The molecule has 0 radical (unpaired) electrons. The molecule has 0 saturated heterocycles. The van der Waals surface area contributed by atoms with Crippen molar-refractivity contribution in [2.24, 2.45) is 0 Å². The summed E-state index contributed by atoms with van der Waals surface area (Å²) in [4.78, 5) is 0. The van der Waals surface area contributed by atoms with Crippen molar-refractivity contribution in [2.45, 2.75) is 6.92 Å². The molecule has 56 valence electrons. The van der Waals surface area contributed by atoms with Gasteiger partial charge in [0.1, 0.15) is 5.52 Å². The van der Waals surface area contributed by atoms with Gasteiger partial charge >= 0.3 is 0 Å². The number of rotatable bonds is 0. The van der Waals surface area contributed by atoms with Gasteiger partial charge < -0.3 is 0 Å². The largest absolute Gasteiger partial charge is 0.243 e. The van der Waals surface area contributed by atoms with Crippen LogP contribution in [0.3, 0.4) is 0 Å². The summed E-state index contributed by atoms with van der Waals surface area (Å²) in [5.74, 6) is 0. The van der Waals surface area contributed by atoms with Crippen LogP contribution in [-0.2, 0) is 0 Å². The van der Waals surface area contributed by atoms with E-state index in [4.69, 9.17) is 11.6 Å². The van der Waals surface area contributed by atoms with Crippen molar-refractivity contribution in [2.75, 3.05) is 0 Å². The molecule has 0 fully saturated rings. The monoisotopic (exact) mass is 168 g/mol. The molecule has 3 nitrogen and oxygen atoms in total. The maximum Gasteiger partial charge on any atom is 0.154 e. The molecule has 1 aromatic heterocycles. The van der Waals surface area contributed by atoms with Crippen LogP contribution >= 0.6 is 11.6 Å². The van der Waals surface area contributed by atoms with E-state index in [0.29, 0.717) is 16.1 Å². The Labute approximate surface area is 67.9 Å². The predicted octanol–water partition coefficient (Wildman–Crippen LogP) is 2.18. The number of benzene rings is 1. The van der Waals surface area contributed by atoms with Crippen molar-refractivity contribution in [3.63, 3.8) is 0 Å². The zero-order chi connectivity index (χ0) is 7.84. The van der Waals surface area contributed by atoms with E-state index >= 15 is 0 Å². The van der Waals surface area contributed by atoms with E-state index in [-0.39, 0.29) is 0 Å². The second kappa shape index (κ2) is 2.20. The Morgan fingerprint density at radius 2 is 2.18 bits per heavy atom. The Morgan fingerprint density at radius 3 is 3.00 bits per heavy atom. The van der Waals surface area contributed by atoms with E-state index in [9.17, 15) is 0 Å². The van der Waals surface area contributed by atoms with Crippen molar-refractivity contribution in [3.05, 3.63) is 22.7 Å². The molecule has 11 heavy (non-hydrogen) atoms. The van der Waals surface area contributed by atoms with Crippen molar-refractivity contribution >= 4 is 22.6 Å². The van der Waals surface area contributed by atoms with Gasteiger partial charge in [-0.3, -0.25) is 0 Å². The average molecular weight is 169 g/mol. The molecule has 0 N–H and O–H groups in total. The second-order valence-corrected chi connectivity index (χ2v) is 2.71. The number of halogens is 1. The van der Waals surface area contributed by atoms with E-state index in [0.717, 1.165) is 5.56 Å². The standard InChI is InChI=1S/C7H5ClN2O/c1-4-2-3-5-7(6(4)8)10-11-9-5/h2-3H,1H3. The molecular weight excluding hydrogens is 164 g/mol. The van der Waals surface area contributed by atoms with Gasteiger partial charge in [-0.15, -0.1) is 0 Å². The highest BCUT2D eigenvalue weighted by molar-refractivity contribution is 6.35. The van der Waals surface area contributed by atoms with Gasteiger partial charge in [-0.1, -0.05) is 17.7 Å². The van der Waals surface area contributed by atoms with Gasteiger partial charge in [0.05, 0.1) is 5.02 Å². The highest BCUT2D eigenvalue weighted by Gasteiger charge is 2.05. The predicted molar refractivity (Wildman–Crippen MR) is 41.6 cm³/mol. The molecule has 4 heteroatoms. The van der Waals surface area contributed by atoms with Crippen LogP contribution in [0.4, 0.5) is 0 Å². The topological polar surface area (TPSA) is 38.9 Å². The number of nitrogens with zero attached hydrogens (tertiary/aromatic N) is 2. The number of hydrogen-bond donors (Lipinski definition) is 0. The molecule has 2 aromatic rings. The molecule has 2 rings (SSSR count). The lowest BCUT2D eigenvalue weighted by molar-refractivity contribution is 0.315. The number of aryl methyl sites for hydroxylation is 1. The summed E-state index contributed by atoms with van der Waals surface area (Å²) in [5, 5.41) is 7.93. The van der Waals surface area contributed by atoms with Crippen LogP contribution in [0.1, 0.15) is 5.56 Å². The molecule has 1 heterocycles. The molecule has 0 aliphatic heterocycles. The fourth-order valence-electron chi connectivity index (χ4n) is 0.921. The summed E-state index contributed by atoms with van der Waals surface area (Å²) >= 11 is 5.90. The molecule has 0 unspecified atom stereocenters. The fourth-order valence-corrected chi connectivity index (χ4v) is 1.12. The minimum atomic E-state index is 0.615. The lowest BCUT2D eigenvalue weighted by Gasteiger charge is -1.93. The average Bonchev–Trinajstić information content (AvgIpc) is 2.45. The first-order chi connectivity index (χ1) is 5.29. The van der Waals surface area contributed by atoms with Gasteiger partial charge in [-0.25, -0.2) is 4.63 Å². The van der Waals surface area contributed by atoms with Crippen LogP contribution in [-0.4, -0.2) is 10.3 Å². The van der Waals surface area contributed by atoms with Crippen LogP contribution in [0.5, 0.6) is 0 Å². The van der Waals surface area contributed by atoms with Crippen LogP contribution in [0.15, 0.2) is 16.8 Å². The van der Waals surface area contributed by atoms with Crippen LogP contribution in [0.2, 0.25) is 5.02 Å². The molecule has 0 saturated carbocycles. The third-order valence-electron chi connectivity index (χ3n) is 1.56. The Kier molecular flexibility index (Phi) is 1.32. The number of fused-ring (bicyclic) bond motifs is 1. The van der Waals surface area contributed by atoms with Gasteiger partial charge in [0, 0.05) is 0 Å². The molecule has 0 atom stereocenters.